The number of carboxylic acid groups (broad SMARTS) is 1. The molecule has 0 radical (unpaired) electrons. The Labute approximate surface area is 171 Å². The number of anilines is 1. The number of aromatic nitrogens is 2. The summed E-state index contributed by atoms with van der Waals surface area (Å²) >= 11 is 0. The van der Waals surface area contributed by atoms with Crippen LogP contribution in [0.5, 0.6) is 0 Å². The maximum absolute atomic E-state index is 8.36. The van der Waals surface area contributed by atoms with Crippen molar-refractivity contribution in [1.29, 1.82) is 0 Å². The average molecular weight is 393 g/mol. The van der Waals surface area contributed by atoms with E-state index in [1.807, 2.05) is 12.1 Å². The van der Waals surface area contributed by atoms with Crippen molar-refractivity contribution in [2.45, 2.75) is 45.6 Å². The molecule has 2 aromatic carbocycles. The fourth-order valence-electron chi connectivity index (χ4n) is 3.22. The molecular formula is C23H27N3O3. The van der Waals surface area contributed by atoms with Gasteiger partial charge in [-0.3, -0.25) is 4.79 Å². The van der Waals surface area contributed by atoms with Gasteiger partial charge in [0.15, 0.2) is 0 Å². The van der Waals surface area contributed by atoms with Gasteiger partial charge in [0, 0.05) is 22.9 Å². The standard InChI is InChI=1S/C22H25N3O.CH2O2/c1-15(2)14-16-6-8-18(9-7-16)22-24-21(25-26-22)17-10-12-20(13-11-17)23-19-4-3-5-19;2-1-3/h6-13,15,19,23H,3-5,14H2,1-2H3;1H,(H,2,3). The van der Waals surface area contributed by atoms with Crippen LogP contribution in [0.1, 0.15) is 38.7 Å². The summed E-state index contributed by atoms with van der Waals surface area (Å²) in [5, 5.41) is 14.6. The second-order valence-corrected chi connectivity index (χ2v) is 7.67. The summed E-state index contributed by atoms with van der Waals surface area (Å²) in [6.07, 6.45) is 4.95. The molecule has 29 heavy (non-hydrogen) atoms. The number of benzene rings is 2. The highest BCUT2D eigenvalue weighted by Crippen LogP contribution is 2.26. The van der Waals surface area contributed by atoms with Crippen LogP contribution in [0, 0.1) is 5.92 Å². The predicted octanol–water partition coefficient (Wildman–Crippen LogP) is 5.27. The average Bonchev–Trinajstić information content (AvgIpc) is 3.16. The van der Waals surface area contributed by atoms with Crippen LogP contribution >= 0.6 is 0 Å². The molecule has 0 saturated heterocycles. The first-order valence-corrected chi connectivity index (χ1v) is 9.97. The lowest BCUT2D eigenvalue weighted by Gasteiger charge is -2.27. The first kappa shape index (κ1) is 20.6. The van der Waals surface area contributed by atoms with Gasteiger partial charge < -0.3 is 14.9 Å². The monoisotopic (exact) mass is 393 g/mol. The number of hydrogen-bond donors (Lipinski definition) is 2. The molecule has 4 rings (SSSR count). The van der Waals surface area contributed by atoms with Crippen LogP contribution in [-0.2, 0) is 11.2 Å². The van der Waals surface area contributed by atoms with Crippen LogP contribution in [0.2, 0.25) is 0 Å². The predicted molar refractivity (Wildman–Crippen MR) is 114 cm³/mol. The fourth-order valence-corrected chi connectivity index (χ4v) is 3.22. The Hall–Kier alpha value is -3.15. The van der Waals surface area contributed by atoms with Gasteiger partial charge in [-0.05, 0) is 73.6 Å². The molecule has 152 valence electrons. The highest BCUT2D eigenvalue weighted by Gasteiger charge is 2.17. The van der Waals surface area contributed by atoms with Crippen molar-refractivity contribution in [2.75, 3.05) is 5.32 Å². The summed E-state index contributed by atoms with van der Waals surface area (Å²) in [6, 6.07) is 17.3. The molecule has 0 bridgehead atoms. The van der Waals surface area contributed by atoms with Gasteiger partial charge in [0.2, 0.25) is 5.82 Å². The van der Waals surface area contributed by atoms with Crippen LogP contribution in [0.25, 0.3) is 22.8 Å². The third-order valence-electron chi connectivity index (χ3n) is 4.89. The van der Waals surface area contributed by atoms with E-state index in [0.29, 0.717) is 23.7 Å². The molecular weight excluding hydrogens is 366 g/mol. The summed E-state index contributed by atoms with van der Waals surface area (Å²) in [4.78, 5) is 12.9. The van der Waals surface area contributed by atoms with Crippen LogP contribution in [0.4, 0.5) is 5.69 Å². The Morgan fingerprint density at radius 1 is 1.10 bits per heavy atom. The molecule has 1 aromatic heterocycles. The molecule has 0 unspecified atom stereocenters. The fraction of sp³-hybridized carbons (Fsp3) is 0.348. The van der Waals surface area contributed by atoms with E-state index in [0.717, 1.165) is 23.2 Å². The van der Waals surface area contributed by atoms with E-state index in [4.69, 9.17) is 14.4 Å². The van der Waals surface area contributed by atoms with E-state index in [1.165, 1.54) is 24.8 Å². The normalized spacial score (nSPS) is 13.3. The molecule has 1 aliphatic rings. The van der Waals surface area contributed by atoms with Crippen LogP contribution in [-0.4, -0.2) is 27.8 Å². The number of rotatable bonds is 6. The Balaban J connectivity index is 0.000000755. The Bertz CT molecular complexity index is 898. The SMILES string of the molecule is CC(C)Cc1ccc(-c2nc(-c3ccc(NC4CCC4)cc3)no2)cc1.O=CO. The highest BCUT2D eigenvalue weighted by atomic mass is 16.5. The first-order valence-electron chi connectivity index (χ1n) is 9.97. The van der Waals surface area contributed by atoms with Crippen LogP contribution in [0.3, 0.4) is 0 Å². The molecule has 1 aliphatic carbocycles. The quantitative estimate of drug-likeness (QED) is 0.555. The molecule has 1 fully saturated rings. The molecule has 1 heterocycles. The Morgan fingerprint density at radius 3 is 2.28 bits per heavy atom. The van der Waals surface area contributed by atoms with Gasteiger partial charge >= 0.3 is 0 Å². The van der Waals surface area contributed by atoms with E-state index in [-0.39, 0.29) is 6.47 Å². The summed E-state index contributed by atoms with van der Waals surface area (Å²) < 4.78 is 5.47. The third kappa shape index (κ3) is 5.67. The van der Waals surface area contributed by atoms with Crippen molar-refractivity contribution in [2.24, 2.45) is 5.92 Å². The molecule has 0 spiro atoms. The van der Waals surface area contributed by atoms with Crippen molar-refractivity contribution in [3.05, 3.63) is 54.1 Å². The molecule has 6 heteroatoms. The number of nitrogens with one attached hydrogen (secondary N) is 1. The molecule has 0 amide bonds. The zero-order valence-electron chi connectivity index (χ0n) is 16.8. The molecule has 3 aromatic rings. The molecule has 2 N–H and O–H groups in total. The van der Waals surface area contributed by atoms with Gasteiger partial charge in [-0.1, -0.05) is 31.1 Å². The highest BCUT2D eigenvalue weighted by molar-refractivity contribution is 5.62. The summed E-state index contributed by atoms with van der Waals surface area (Å²) in [7, 11) is 0. The first-order chi connectivity index (χ1) is 14.1. The van der Waals surface area contributed by atoms with Gasteiger partial charge in [-0.15, -0.1) is 0 Å². The maximum atomic E-state index is 8.36. The molecule has 1 saturated carbocycles. The lowest BCUT2D eigenvalue weighted by molar-refractivity contribution is -0.122. The lowest BCUT2D eigenvalue weighted by atomic mass is 9.93. The van der Waals surface area contributed by atoms with Crippen molar-refractivity contribution < 1.29 is 14.4 Å². The number of carbonyl (C=O) groups is 1. The van der Waals surface area contributed by atoms with E-state index < -0.39 is 0 Å². The minimum absolute atomic E-state index is 0.250. The van der Waals surface area contributed by atoms with E-state index in [2.05, 4.69) is 65.7 Å². The van der Waals surface area contributed by atoms with Crippen LogP contribution < -0.4 is 5.32 Å². The van der Waals surface area contributed by atoms with Gasteiger partial charge in [-0.2, -0.15) is 4.98 Å². The Kier molecular flexibility index (Phi) is 7.00. The van der Waals surface area contributed by atoms with Crippen molar-refractivity contribution in [3.63, 3.8) is 0 Å². The second-order valence-electron chi connectivity index (χ2n) is 7.67. The van der Waals surface area contributed by atoms with Gasteiger partial charge in [0.1, 0.15) is 0 Å². The summed E-state index contributed by atoms with van der Waals surface area (Å²) in [5.41, 5.74) is 4.41. The zero-order valence-corrected chi connectivity index (χ0v) is 16.8. The zero-order chi connectivity index (χ0) is 20.6. The van der Waals surface area contributed by atoms with Crippen molar-refractivity contribution >= 4 is 12.2 Å². The van der Waals surface area contributed by atoms with Gasteiger partial charge in [0.25, 0.3) is 12.4 Å². The third-order valence-corrected chi connectivity index (χ3v) is 4.89. The van der Waals surface area contributed by atoms with Gasteiger partial charge in [-0.25, -0.2) is 0 Å². The van der Waals surface area contributed by atoms with Crippen molar-refractivity contribution in [3.8, 4) is 22.8 Å². The summed E-state index contributed by atoms with van der Waals surface area (Å²) in [5.74, 6) is 1.84. The molecule has 0 aliphatic heterocycles. The lowest BCUT2D eigenvalue weighted by Crippen LogP contribution is -2.26. The van der Waals surface area contributed by atoms with Crippen LogP contribution in [0.15, 0.2) is 53.1 Å². The largest absolute Gasteiger partial charge is 0.483 e. The Morgan fingerprint density at radius 2 is 1.72 bits per heavy atom. The van der Waals surface area contributed by atoms with E-state index >= 15 is 0 Å². The number of nitrogens with zero attached hydrogens (tertiary/aromatic N) is 2. The van der Waals surface area contributed by atoms with Crippen molar-refractivity contribution in [1.82, 2.24) is 10.1 Å². The topological polar surface area (TPSA) is 88.3 Å². The smallest absolute Gasteiger partial charge is 0.290 e. The maximum Gasteiger partial charge on any atom is 0.290 e. The van der Waals surface area contributed by atoms with E-state index in [9.17, 15) is 0 Å². The summed E-state index contributed by atoms with van der Waals surface area (Å²) in [6.45, 7) is 4.20. The second kappa shape index (κ2) is 9.87. The minimum Gasteiger partial charge on any atom is -0.483 e. The molecule has 6 nitrogen and oxygen atoms in total. The number of hydrogen-bond acceptors (Lipinski definition) is 5. The molecule has 0 atom stereocenters. The van der Waals surface area contributed by atoms with E-state index in [1.54, 1.807) is 0 Å². The van der Waals surface area contributed by atoms with Gasteiger partial charge in [0.05, 0.1) is 0 Å². The minimum atomic E-state index is -0.250.